The molecule has 1 rings (SSSR count). The Morgan fingerprint density at radius 3 is 1.93 bits per heavy atom. The van der Waals surface area contributed by atoms with Gasteiger partial charge in [0.25, 0.3) is 0 Å². The topological polar surface area (TPSA) is 18.5 Å². The first kappa shape index (κ1) is 12.1. The molecule has 0 N–H and O–H groups in total. The Balaban J connectivity index is 2.72. The largest absolute Gasteiger partial charge is 0.481 e. The zero-order valence-corrected chi connectivity index (χ0v) is 10.3. The van der Waals surface area contributed by atoms with Crippen molar-refractivity contribution in [1.82, 2.24) is 0 Å². The van der Waals surface area contributed by atoms with Crippen LogP contribution in [-0.4, -0.2) is 23.6 Å². The van der Waals surface area contributed by atoms with Gasteiger partial charge in [-0.25, -0.2) is 0 Å². The predicted molar refractivity (Wildman–Crippen MR) is 60.5 cm³/mol. The Hall–Kier alpha value is 0.0149. The van der Waals surface area contributed by atoms with Crippen molar-refractivity contribution in [3.63, 3.8) is 0 Å². The van der Waals surface area contributed by atoms with Crippen molar-refractivity contribution in [2.75, 3.05) is 0 Å². The molecule has 14 heavy (non-hydrogen) atoms. The molecule has 0 radical (unpaired) electrons. The van der Waals surface area contributed by atoms with Crippen LogP contribution in [-0.2, 0) is 9.31 Å². The lowest BCUT2D eigenvalue weighted by molar-refractivity contribution is 0.00578. The summed E-state index contributed by atoms with van der Waals surface area (Å²) in [4.78, 5) is 0. The molecule has 1 unspecified atom stereocenters. The molecule has 0 spiro atoms. The number of halogens is 1. The number of allylic oxidation sites excluding steroid dienone is 2. The molecule has 0 aliphatic carbocycles. The lowest BCUT2D eigenvalue weighted by Gasteiger charge is -2.32. The summed E-state index contributed by atoms with van der Waals surface area (Å²) in [5.74, 6) is 0. The molecule has 1 aliphatic rings. The van der Waals surface area contributed by atoms with Gasteiger partial charge in [0.05, 0.1) is 16.5 Å². The first-order chi connectivity index (χ1) is 6.30. The highest BCUT2D eigenvalue weighted by molar-refractivity contribution is 6.60. The second-order valence-corrected chi connectivity index (χ2v) is 5.10. The molecule has 0 aromatic rings. The van der Waals surface area contributed by atoms with Crippen LogP contribution in [0.3, 0.4) is 0 Å². The molecule has 0 bridgehead atoms. The molecule has 1 saturated heterocycles. The maximum absolute atomic E-state index is 6.10. The van der Waals surface area contributed by atoms with Gasteiger partial charge in [-0.2, -0.15) is 0 Å². The van der Waals surface area contributed by atoms with Gasteiger partial charge >= 0.3 is 7.12 Å². The van der Waals surface area contributed by atoms with Crippen molar-refractivity contribution in [2.45, 2.75) is 51.1 Å². The third-order valence-corrected chi connectivity index (χ3v) is 3.26. The van der Waals surface area contributed by atoms with E-state index in [1.165, 1.54) is 0 Å². The minimum absolute atomic E-state index is 0.221. The van der Waals surface area contributed by atoms with Gasteiger partial charge in [-0.05, 0) is 34.6 Å². The third kappa shape index (κ3) is 2.15. The van der Waals surface area contributed by atoms with Gasteiger partial charge in [-0.3, -0.25) is 0 Å². The van der Waals surface area contributed by atoms with Crippen molar-refractivity contribution in [3.8, 4) is 0 Å². The molecule has 1 fully saturated rings. The Morgan fingerprint density at radius 1 is 1.14 bits per heavy atom. The molecule has 1 heterocycles. The SMILES string of the molecule is C/C=C/C(Cl)B1OC(C)(C)C(C)(C)O1. The lowest BCUT2D eigenvalue weighted by Crippen LogP contribution is -2.41. The minimum Gasteiger partial charge on any atom is -0.402 e. The van der Waals surface area contributed by atoms with Gasteiger partial charge in [0, 0.05) is 0 Å². The Bertz CT molecular complexity index is 222. The number of rotatable bonds is 2. The molecule has 0 aromatic carbocycles. The summed E-state index contributed by atoms with van der Waals surface area (Å²) < 4.78 is 11.5. The summed E-state index contributed by atoms with van der Waals surface area (Å²) >= 11 is 6.10. The van der Waals surface area contributed by atoms with E-state index < -0.39 is 0 Å². The normalized spacial score (nSPS) is 27.1. The summed E-state index contributed by atoms with van der Waals surface area (Å²) in [5.41, 5.74) is -0.598. The average molecular weight is 217 g/mol. The quantitative estimate of drug-likeness (QED) is 0.401. The fourth-order valence-electron chi connectivity index (χ4n) is 1.29. The molecule has 80 valence electrons. The van der Waals surface area contributed by atoms with E-state index >= 15 is 0 Å². The minimum atomic E-state index is -0.349. The molecule has 2 nitrogen and oxygen atoms in total. The molecule has 1 atom stereocenters. The summed E-state index contributed by atoms with van der Waals surface area (Å²) in [5, 5.41) is -0.221. The van der Waals surface area contributed by atoms with Gasteiger partial charge in [0.15, 0.2) is 0 Å². The molecule has 0 aromatic heterocycles. The van der Waals surface area contributed by atoms with Crippen LogP contribution in [0.2, 0.25) is 0 Å². The second-order valence-electron chi connectivity index (χ2n) is 4.59. The van der Waals surface area contributed by atoms with Gasteiger partial charge in [-0.15, -0.1) is 11.6 Å². The standard InChI is InChI=1S/C10H18BClO2/c1-6-7-8(12)11-13-9(2,3)10(4,5)14-11/h6-8H,1-5H3/b7-6+. The predicted octanol–water partition coefficient (Wildman–Crippen LogP) is 2.80. The van der Waals surface area contributed by atoms with Crippen LogP contribution in [0.15, 0.2) is 12.2 Å². The highest BCUT2D eigenvalue weighted by Crippen LogP contribution is 2.38. The molecule has 1 aliphatic heterocycles. The van der Waals surface area contributed by atoms with Crippen LogP contribution >= 0.6 is 11.6 Å². The van der Waals surface area contributed by atoms with Crippen molar-refractivity contribution < 1.29 is 9.31 Å². The van der Waals surface area contributed by atoms with Gasteiger partial charge in [-0.1, -0.05) is 12.2 Å². The van der Waals surface area contributed by atoms with Gasteiger partial charge in [0.2, 0.25) is 0 Å². The zero-order chi connectivity index (χ0) is 11.0. The number of hydrogen-bond donors (Lipinski definition) is 0. The molecule has 0 amide bonds. The van der Waals surface area contributed by atoms with E-state index in [9.17, 15) is 0 Å². The van der Waals surface area contributed by atoms with E-state index in [1.807, 2.05) is 46.8 Å². The van der Waals surface area contributed by atoms with E-state index in [-0.39, 0.29) is 23.6 Å². The number of alkyl halides is 1. The van der Waals surface area contributed by atoms with E-state index in [2.05, 4.69) is 0 Å². The molecular weight excluding hydrogens is 198 g/mol. The van der Waals surface area contributed by atoms with Gasteiger partial charge in [0.1, 0.15) is 0 Å². The Morgan fingerprint density at radius 2 is 1.57 bits per heavy atom. The van der Waals surface area contributed by atoms with Crippen molar-refractivity contribution in [2.24, 2.45) is 0 Å². The van der Waals surface area contributed by atoms with E-state index in [4.69, 9.17) is 20.9 Å². The Labute approximate surface area is 91.8 Å². The molecule has 4 heteroatoms. The van der Waals surface area contributed by atoms with Crippen molar-refractivity contribution in [3.05, 3.63) is 12.2 Å². The summed E-state index contributed by atoms with van der Waals surface area (Å²) in [6.07, 6.45) is 3.78. The number of hydrogen-bond acceptors (Lipinski definition) is 2. The monoisotopic (exact) mass is 216 g/mol. The van der Waals surface area contributed by atoms with Crippen molar-refractivity contribution >= 4 is 18.7 Å². The first-order valence-electron chi connectivity index (χ1n) is 4.93. The third-order valence-electron chi connectivity index (χ3n) is 2.91. The van der Waals surface area contributed by atoms with Crippen LogP contribution in [0.4, 0.5) is 0 Å². The van der Waals surface area contributed by atoms with Crippen molar-refractivity contribution in [1.29, 1.82) is 0 Å². The highest BCUT2D eigenvalue weighted by atomic mass is 35.5. The highest BCUT2D eigenvalue weighted by Gasteiger charge is 2.52. The van der Waals surface area contributed by atoms with Crippen LogP contribution in [0, 0.1) is 0 Å². The lowest BCUT2D eigenvalue weighted by atomic mass is 9.84. The van der Waals surface area contributed by atoms with Gasteiger partial charge < -0.3 is 9.31 Å². The van der Waals surface area contributed by atoms with Crippen LogP contribution in [0.1, 0.15) is 34.6 Å². The van der Waals surface area contributed by atoms with Crippen LogP contribution in [0.5, 0.6) is 0 Å². The van der Waals surface area contributed by atoms with E-state index in [0.717, 1.165) is 0 Å². The smallest absolute Gasteiger partial charge is 0.402 e. The second kappa shape index (κ2) is 3.88. The molecular formula is C10H18BClO2. The Kier molecular flexibility index (Phi) is 3.35. The summed E-state index contributed by atoms with van der Waals surface area (Å²) in [6.45, 7) is 10.0. The molecule has 0 saturated carbocycles. The van der Waals surface area contributed by atoms with Crippen LogP contribution < -0.4 is 0 Å². The maximum Gasteiger partial charge on any atom is 0.481 e. The summed E-state index contributed by atoms with van der Waals surface area (Å²) in [6, 6.07) is 0. The fourth-order valence-corrected chi connectivity index (χ4v) is 1.54. The zero-order valence-electron chi connectivity index (χ0n) is 9.50. The first-order valence-corrected chi connectivity index (χ1v) is 5.36. The van der Waals surface area contributed by atoms with Crippen LogP contribution in [0.25, 0.3) is 0 Å². The van der Waals surface area contributed by atoms with E-state index in [1.54, 1.807) is 0 Å². The average Bonchev–Trinajstić information content (AvgIpc) is 2.22. The fraction of sp³-hybridized carbons (Fsp3) is 0.800. The van der Waals surface area contributed by atoms with E-state index in [0.29, 0.717) is 0 Å². The summed E-state index contributed by atoms with van der Waals surface area (Å²) in [7, 11) is -0.349. The maximum atomic E-state index is 6.10.